The summed E-state index contributed by atoms with van der Waals surface area (Å²) in [6, 6.07) is 10.7. The molecule has 1 N–H and O–H groups in total. The van der Waals surface area contributed by atoms with Gasteiger partial charge in [0.15, 0.2) is 11.5 Å². The number of hydrogen-bond acceptors (Lipinski definition) is 4. The summed E-state index contributed by atoms with van der Waals surface area (Å²) in [5.41, 5.74) is 2.85. The zero-order valence-electron chi connectivity index (χ0n) is 11.6. The van der Waals surface area contributed by atoms with Crippen LogP contribution >= 0.6 is 0 Å². The number of phenolic OH excluding ortho intramolecular Hbond substituents is 1. The molecule has 0 fully saturated rings. The minimum Gasteiger partial charge on any atom is -0.508 e. The summed E-state index contributed by atoms with van der Waals surface area (Å²) in [6.07, 6.45) is 0.783. The van der Waals surface area contributed by atoms with E-state index >= 15 is 0 Å². The van der Waals surface area contributed by atoms with Crippen LogP contribution in [0, 0.1) is 0 Å². The van der Waals surface area contributed by atoms with Crippen LogP contribution in [-0.4, -0.2) is 30.3 Å². The molecule has 0 bridgehead atoms. The molecule has 0 saturated carbocycles. The molecule has 0 atom stereocenters. The molecule has 0 saturated heterocycles. The summed E-state index contributed by atoms with van der Waals surface area (Å²) in [4.78, 5) is 12.4. The van der Waals surface area contributed by atoms with Crippen LogP contribution in [0.3, 0.4) is 0 Å². The molecule has 0 unspecified atom stereocenters. The van der Waals surface area contributed by atoms with Gasteiger partial charge in [-0.15, -0.1) is 0 Å². The molecule has 1 heterocycles. The van der Waals surface area contributed by atoms with Gasteiger partial charge in [-0.25, -0.2) is 0 Å². The number of nitrogens with zero attached hydrogens (tertiary/aromatic N) is 1. The Morgan fingerprint density at radius 2 is 1.86 bits per heavy atom. The van der Waals surface area contributed by atoms with Crippen molar-refractivity contribution in [2.45, 2.75) is 6.54 Å². The van der Waals surface area contributed by atoms with Crippen molar-refractivity contribution < 1.29 is 19.4 Å². The van der Waals surface area contributed by atoms with E-state index in [-0.39, 0.29) is 12.5 Å². The van der Waals surface area contributed by atoms with Crippen molar-refractivity contribution in [3.05, 3.63) is 42.0 Å². The fourth-order valence-electron chi connectivity index (χ4n) is 2.33. The highest BCUT2D eigenvalue weighted by Gasteiger charge is 2.18. The van der Waals surface area contributed by atoms with E-state index in [1.54, 1.807) is 24.1 Å². The highest BCUT2D eigenvalue weighted by atomic mass is 16.7. The van der Waals surface area contributed by atoms with E-state index in [1.165, 1.54) is 0 Å². The second-order valence-corrected chi connectivity index (χ2v) is 4.93. The van der Waals surface area contributed by atoms with E-state index in [2.05, 4.69) is 0 Å². The van der Waals surface area contributed by atoms with Crippen molar-refractivity contribution in [2.75, 3.05) is 13.8 Å². The van der Waals surface area contributed by atoms with E-state index in [4.69, 9.17) is 9.47 Å². The maximum absolute atomic E-state index is 10.9. The molecule has 0 spiro atoms. The molecule has 2 aromatic rings. The number of ether oxygens (including phenoxy) is 2. The molecular weight excluding hydrogens is 270 g/mol. The Morgan fingerprint density at radius 1 is 1.19 bits per heavy atom. The number of fused-ring (bicyclic) bond motifs is 1. The fraction of sp³-hybridized carbons (Fsp3) is 0.188. The Morgan fingerprint density at radius 3 is 2.52 bits per heavy atom. The van der Waals surface area contributed by atoms with Crippen LogP contribution in [0.15, 0.2) is 36.4 Å². The summed E-state index contributed by atoms with van der Waals surface area (Å²) >= 11 is 0. The van der Waals surface area contributed by atoms with Gasteiger partial charge in [-0.2, -0.15) is 0 Å². The number of carbonyl (C=O) groups is 1. The van der Waals surface area contributed by atoms with Crippen molar-refractivity contribution in [3.63, 3.8) is 0 Å². The molecular formula is C16H15NO4. The normalized spacial score (nSPS) is 12.2. The van der Waals surface area contributed by atoms with E-state index < -0.39 is 0 Å². The smallest absolute Gasteiger partial charge is 0.231 e. The third-order valence-corrected chi connectivity index (χ3v) is 3.38. The van der Waals surface area contributed by atoms with Crippen molar-refractivity contribution in [2.24, 2.45) is 0 Å². The van der Waals surface area contributed by atoms with Crippen LogP contribution in [0.25, 0.3) is 11.1 Å². The highest BCUT2D eigenvalue weighted by molar-refractivity contribution is 5.72. The number of aromatic hydroxyl groups is 1. The lowest BCUT2D eigenvalue weighted by molar-refractivity contribution is -0.117. The van der Waals surface area contributed by atoms with E-state index in [1.807, 2.05) is 24.3 Å². The number of carbonyl (C=O) groups excluding carboxylic acids is 1. The van der Waals surface area contributed by atoms with Gasteiger partial charge in [-0.1, -0.05) is 12.1 Å². The predicted molar refractivity (Wildman–Crippen MR) is 77.2 cm³/mol. The highest BCUT2D eigenvalue weighted by Crippen LogP contribution is 2.39. The van der Waals surface area contributed by atoms with Crippen LogP contribution < -0.4 is 9.47 Å². The summed E-state index contributed by atoms with van der Waals surface area (Å²) in [5.74, 6) is 1.59. The average Bonchev–Trinajstić information content (AvgIpc) is 2.94. The van der Waals surface area contributed by atoms with Gasteiger partial charge in [-0.3, -0.25) is 4.79 Å². The zero-order valence-corrected chi connectivity index (χ0v) is 11.6. The van der Waals surface area contributed by atoms with Gasteiger partial charge in [0.2, 0.25) is 13.2 Å². The van der Waals surface area contributed by atoms with Gasteiger partial charge < -0.3 is 19.5 Å². The maximum Gasteiger partial charge on any atom is 0.231 e. The summed E-state index contributed by atoms with van der Waals surface area (Å²) in [5, 5.41) is 9.41. The molecule has 108 valence electrons. The van der Waals surface area contributed by atoms with Crippen LogP contribution in [0.1, 0.15) is 5.56 Å². The minimum atomic E-state index is 0.206. The predicted octanol–water partition coefficient (Wildman–Crippen LogP) is 2.38. The lowest BCUT2D eigenvalue weighted by Gasteiger charge is -2.16. The van der Waals surface area contributed by atoms with Gasteiger partial charge >= 0.3 is 0 Å². The number of amides is 1. The molecule has 1 aliphatic rings. The molecule has 2 aromatic carbocycles. The summed E-state index contributed by atoms with van der Waals surface area (Å²) in [7, 11) is 1.72. The van der Waals surface area contributed by atoms with E-state index in [0.717, 1.165) is 23.1 Å². The minimum absolute atomic E-state index is 0.206. The Bertz CT molecular complexity index is 667. The quantitative estimate of drug-likeness (QED) is 0.876. The zero-order chi connectivity index (χ0) is 14.8. The Kier molecular flexibility index (Phi) is 3.39. The van der Waals surface area contributed by atoms with Crippen LogP contribution in [-0.2, 0) is 11.3 Å². The maximum atomic E-state index is 10.9. The average molecular weight is 285 g/mol. The second kappa shape index (κ2) is 5.36. The topological polar surface area (TPSA) is 59.0 Å². The van der Waals surface area contributed by atoms with E-state index in [9.17, 15) is 9.90 Å². The molecule has 21 heavy (non-hydrogen) atoms. The molecule has 0 aromatic heterocycles. The van der Waals surface area contributed by atoms with Crippen LogP contribution in [0.2, 0.25) is 0 Å². The lowest BCUT2D eigenvalue weighted by atomic mass is 9.98. The van der Waals surface area contributed by atoms with Gasteiger partial charge in [-0.05, 0) is 41.0 Å². The first-order chi connectivity index (χ1) is 10.2. The van der Waals surface area contributed by atoms with Crippen molar-refractivity contribution in [1.82, 2.24) is 4.90 Å². The lowest BCUT2D eigenvalue weighted by Crippen LogP contribution is -2.15. The van der Waals surface area contributed by atoms with Gasteiger partial charge in [0.1, 0.15) is 5.75 Å². The van der Waals surface area contributed by atoms with E-state index in [0.29, 0.717) is 18.0 Å². The van der Waals surface area contributed by atoms with Crippen LogP contribution in [0.4, 0.5) is 0 Å². The third kappa shape index (κ3) is 2.63. The number of benzene rings is 2. The summed E-state index contributed by atoms with van der Waals surface area (Å²) in [6.45, 7) is 0.674. The molecule has 0 radical (unpaired) electrons. The molecule has 1 amide bonds. The Balaban J connectivity index is 2.08. The first kappa shape index (κ1) is 13.3. The fourth-order valence-corrected chi connectivity index (χ4v) is 2.33. The monoisotopic (exact) mass is 285 g/mol. The van der Waals surface area contributed by atoms with Gasteiger partial charge in [0, 0.05) is 13.6 Å². The molecule has 0 aliphatic carbocycles. The SMILES string of the molecule is CN(C=O)Cc1cc2c(cc1-c1ccc(O)cc1)OCO2. The standard InChI is InChI=1S/C16H15NO4/c1-17(9-18)8-12-6-15-16(21-10-20-15)7-14(12)11-2-4-13(19)5-3-11/h2-7,9,19H,8,10H2,1H3. The first-order valence-electron chi connectivity index (χ1n) is 6.55. The molecule has 5 heteroatoms. The van der Waals surface area contributed by atoms with Gasteiger partial charge in [0.25, 0.3) is 0 Å². The van der Waals surface area contributed by atoms with Gasteiger partial charge in [0.05, 0.1) is 0 Å². The molecule has 1 aliphatic heterocycles. The second-order valence-electron chi connectivity index (χ2n) is 4.93. The van der Waals surface area contributed by atoms with Crippen molar-refractivity contribution in [1.29, 1.82) is 0 Å². The molecule has 3 rings (SSSR count). The summed E-state index contributed by atoms with van der Waals surface area (Å²) < 4.78 is 10.8. The van der Waals surface area contributed by atoms with Crippen molar-refractivity contribution >= 4 is 6.41 Å². The number of phenols is 1. The molecule has 5 nitrogen and oxygen atoms in total. The first-order valence-corrected chi connectivity index (χ1v) is 6.55. The Hall–Kier alpha value is -2.69. The number of rotatable bonds is 4. The Labute approximate surface area is 122 Å². The van der Waals surface area contributed by atoms with Crippen LogP contribution in [0.5, 0.6) is 17.2 Å². The largest absolute Gasteiger partial charge is 0.508 e. The third-order valence-electron chi connectivity index (χ3n) is 3.38. The van der Waals surface area contributed by atoms with Crippen molar-refractivity contribution in [3.8, 4) is 28.4 Å². The number of hydrogen-bond donors (Lipinski definition) is 1.